The topological polar surface area (TPSA) is 105 Å². The number of nitrogens with zero attached hydrogens (tertiary/aromatic N) is 2. The molecule has 1 aromatic heterocycles. The molecule has 1 heterocycles. The molecule has 0 aliphatic rings. The van der Waals surface area contributed by atoms with Crippen molar-refractivity contribution in [2.75, 3.05) is 0 Å². The lowest BCUT2D eigenvalue weighted by atomic mass is 10.2. The van der Waals surface area contributed by atoms with Gasteiger partial charge in [-0.15, -0.1) is 0 Å². The van der Waals surface area contributed by atoms with Gasteiger partial charge in [0.15, 0.2) is 11.4 Å². The van der Waals surface area contributed by atoms with Crippen LogP contribution in [0.2, 0.25) is 0 Å². The molecule has 0 aliphatic carbocycles. The second-order valence-corrected chi connectivity index (χ2v) is 4.09. The maximum absolute atomic E-state index is 12.6. The number of hydrogen-bond donors (Lipinski definition) is 3. The van der Waals surface area contributed by atoms with Gasteiger partial charge in [-0.1, -0.05) is 12.1 Å². The summed E-state index contributed by atoms with van der Waals surface area (Å²) >= 11 is 0. The standard InChI is InChI=1S/C12H9F3N4O2/c13-12(14,15)9-5-8(11(20)21)19(18-9)7-3-1-2-6(4-7)10(16)17/h1-5H,(H3,16,17)(H,20,21). The van der Waals surface area contributed by atoms with Crippen LogP contribution in [0.4, 0.5) is 13.2 Å². The van der Waals surface area contributed by atoms with Crippen LogP contribution in [-0.2, 0) is 6.18 Å². The zero-order valence-electron chi connectivity index (χ0n) is 10.3. The SMILES string of the molecule is N=C(N)c1cccc(-n2nc(C(F)(F)F)cc2C(=O)O)c1. The van der Waals surface area contributed by atoms with Crippen LogP contribution in [0.25, 0.3) is 5.69 Å². The van der Waals surface area contributed by atoms with E-state index in [9.17, 15) is 18.0 Å². The number of carboxylic acid groups (broad SMARTS) is 1. The number of nitrogen functional groups attached to an aromatic ring is 1. The van der Waals surface area contributed by atoms with E-state index in [0.717, 1.165) is 0 Å². The average molecular weight is 298 g/mol. The number of aromatic nitrogens is 2. The summed E-state index contributed by atoms with van der Waals surface area (Å²) in [6.45, 7) is 0. The highest BCUT2D eigenvalue weighted by molar-refractivity contribution is 5.95. The van der Waals surface area contributed by atoms with Gasteiger partial charge in [-0.3, -0.25) is 5.41 Å². The lowest BCUT2D eigenvalue weighted by molar-refractivity contribution is -0.141. The Morgan fingerprint density at radius 1 is 1.33 bits per heavy atom. The fourth-order valence-corrected chi connectivity index (χ4v) is 1.67. The number of nitrogens with one attached hydrogen (secondary N) is 1. The molecule has 0 bridgehead atoms. The number of nitrogens with two attached hydrogens (primary N) is 1. The Hall–Kier alpha value is -2.84. The van der Waals surface area contributed by atoms with Crippen LogP contribution in [0.1, 0.15) is 21.7 Å². The van der Waals surface area contributed by atoms with Crippen molar-refractivity contribution in [3.8, 4) is 5.69 Å². The number of carbonyl (C=O) groups is 1. The van der Waals surface area contributed by atoms with E-state index in [1.165, 1.54) is 24.3 Å². The van der Waals surface area contributed by atoms with Gasteiger partial charge in [0.25, 0.3) is 0 Å². The van der Waals surface area contributed by atoms with Crippen molar-refractivity contribution >= 4 is 11.8 Å². The van der Waals surface area contributed by atoms with Gasteiger partial charge in [-0.25, -0.2) is 9.48 Å². The number of carboxylic acids is 1. The summed E-state index contributed by atoms with van der Waals surface area (Å²) in [6, 6.07) is 6.00. The first-order chi connectivity index (χ1) is 9.70. The molecule has 9 heteroatoms. The van der Waals surface area contributed by atoms with Gasteiger partial charge in [0.05, 0.1) is 5.69 Å². The smallest absolute Gasteiger partial charge is 0.435 e. The first-order valence-electron chi connectivity index (χ1n) is 5.55. The first-order valence-corrected chi connectivity index (χ1v) is 5.55. The maximum Gasteiger partial charge on any atom is 0.435 e. The lowest BCUT2D eigenvalue weighted by Crippen LogP contribution is -2.13. The van der Waals surface area contributed by atoms with E-state index in [4.69, 9.17) is 16.2 Å². The highest BCUT2D eigenvalue weighted by Gasteiger charge is 2.36. The van der Waals surface area contributed by atoms with Gasteiger partial charge < -0.3 is 10.8 Å². The fraction of sp³-hybridized carbons (Fsp3) is 0.0833. The molecule has 0 amide bonds. The number of rotatable bonds is 3. The van der Waals surface area contributed by atoms with Crippen molar-refractivity contribution in [1.29, 1.82) is 5.41 Å². The number of amidine groups is 1. The third-order valence-electron chi connectivity index (χ3n) is 2.62. The highest BCUT2D eigenvalue weighted by Crippen LogP contribution is 2.29. The lowest BCUT2D eigenvalue weighted by Gasteiger charge is -2.06. The Morgan fingerprint density at radius 2 is 2.00 bits per heavy atom. The van der Waals surface area contributed by atoms with Crippen molar-refractivity contribution in [1.82, 2.24) is 9.78 Å². The van der Waals surface area contributed by atoms with Gasteiger partial charge in [-0.2, -0.15) is 18.3 Å². The van der Waals surface area contributed by atoms with E-state index in [0.29, 0.717) is 10.7 Å². The van der Waals surface area contributed by atoms with Crippen LogP contribution in [-0.4, -0.2) is 26.7 Å². The van der Waals surface area contributed by atoms with Gasteiger partial charge in [0.2, 0.25) is 0 Å². The normalized spacial score (nSPS) is 11.4. The van der Waals surface area contributed by atoms with Crippen LogP contribution in [0.5, 0.6) is 0 Å². The van der Waals surface area contributed by atoms with Crippen LogP contribution in [0, 0.1) is 5.41 Å². The minimum absolute atomic E-state index is 0.0654. The first kappa shape index (κ1) is 14.6. The van der Waals surface area contributed by atoms with Gasteiger partial charge in [0, 0.05) is 11.6 Å². The summed E-state index contributed by atoms with van der Waals surface area (Å²) in [5.41, 5.74) is 3.65. The number of halogens is 3. The van der Waals surface area contributed by atoms with Crippen molar-refractivity contribution < 1.29 is 23.1 Å². The molecular weight excluding hydrogens is 289 g/mol. The van der Waals surface area contributed by atoms with E-state index in [2.05, 4.69) is 5.10 Å². The van der Waals surface area contributed by atoms with Crippen LogP contribution in [0.3, 0.4) is 0 Å². The van der Waals surface area contributed by atoms with E-state index in [1.807, 2.05) is 0 Å². The molecule has 0 unspecified atom stereocenters. The molecule has 2 rings (SSSR count). The zero-order chi connectivity index (χ0) is 15.8. The number of benzene rings is 1. The molecule has 0 saturated heterocycles. The summed E-state index contributed by atoms with van der Waals surface area (Å²) in [6.07, 6.45) is -4.76. The molecule has 4 N–H and O–H groups in total. The van der Waals surface area contributed by atoms with Crippen LogP contribution in [0.15, 0.2) is 30.3 Å². The Bertz CT molecular complexity index is 722. The zero-order valence-corrected chi connectivity index (χ0v) is 10.3. The Labute approximate surface area is 116 Å². The third kappa shape index (κ3) is 2.86. The third-order valence-corrected chi connectivity index (χ3v) is 2.62. The molecule has 0 atom stereocenters. The quantitative estimate of drug-likeness (QED) is 0.594. The van der Waals surface area contributed by atoms with Crippen LogP contribution < -0.4 is 5.73 Å². The summed E-state index contributed by atoms with van der Waals surface area (Å²) < 4.78 is 38.6. The van der Waals surface area contributed by atoms with Gasteiger partial charge in [-0.05, 0) is 12.1 Å². The Kier molecular flexibility index (Phi) is 3.42. The highest BCUT2D eigenvalue weighted by atomic mass is 19.4. The molecule has 0 radical (unpaired) electrons. The van der Waals surface area contributed by atoms with Crippen molar-refractivity contribution in [3.63, 3.8) is 0 Å². The monoisotopic (exact) mass is 298 g/mol. The average Bonchev–Trinajstić information content (AvgIpc) is 2.84. The maximum atomic E-state index is 12.6. The second-order valence-electron chi connectivity index (χ2n) is 4.09. The summed E-state index contributed by atoms with van der Waals surface area (Å²) in [5.74, 6) is -1.84. The molecule has 0 aliphatic heterocycles. The Morgan fingerprint density at radius 3 is 2.52 bits per heavy atom. The largest absolute Gasteiger partial charge is 0.477 e. The molecule has 110 valence electrons. The minimum Gasteiger partial charge on any atom is -0.477 e. The molecule has 0 fully saturated rings. The van der Waals surface area contributed by atoms with E-state index < -0.39 is 23.5 Å². The predicted molar refractivity (Wildman–Crippen MR) is 66.5 cm³/mol. The van der Waals surface area contributed by atoms with E-state index in [1.54, 1.807) is 0 Å². The Balaban J connectivity index is 2.62. The number of alkyl halides is 3. The minimum atomic E-state index is -4.76. The van der Waals surface area contributed by atoms with Gasteiger partial charge in [0.1, 0.15) is 5.84 Å². The molecule has 6 nitrogen and oxygen atoms in total. The predicted octanol–water partition coefficient (Wildman–Crippen LogP) is 1.87. The van der Waals surface area contributed by atoms with Crippen LogP contribution >= 0.6 is 0 Å². The van der Waals surface area contributed by atoms with E-state index in [-0.39, 0.29) is 17.1 Å². The summed E-state index contributed by atoms with van der Waals surface area (Å²) in [5, 5.41) is 19.6. The van der Waals surface area contributed by atoms with Crippen molar-refractivity contribution in [2.45, 2.75) is 6.18 Å². The molecule has 2 aromatic rings. The van der Waals surface area contributed by atoms with E-state index >= 15 is 0 Å². The fourth-order valence-electron chi connectivity index (χ4n) is 1.67. The summed E-state index contributed by atoms with van der Waals surface area (Å²) in [4.78, 5) is 11.1. The number of hydrogen-bond acceptors (Lipinski definition) is 3. The number of aromatic carboxylic acids is 1. The van der Waals surface area contributed by atoms with Crippen molar-refractivity contribution in [2.24, 2.45) is 5.73 Å². The molecular formula is C12H9F3N4O2. The molecule has 21 heavy (non-hydrogen) atoms. The van der Waals surface area contributed by atoms with Crippen molar-refractivity contribution in [3.05, 3.63) is 47.3 Å². The second kappa shape index (κ2) is 4.93. The molecule has 0 saturated carbocycles. The molecule has 1 aromatic carbocycles. The molecule has 0 spiro atoms. The summed E-state index contributed by atoms with van der Waals surface area (Å²) in [7, 11) is 0. The van der Waals surface area contributed by atoms with Gasteiger partial charge >= 0.3 is 12.1 Å².